The highest BCUT2D eigenvalue weighted by atomic mass is 35.5. The van der Waals surface area contributed by atoms with Gasteiger partial charge in [0.1, 0.15) is 0 Å². The topological polar surface area (TPSA) is 127 Å². The Hall–Kier alpha value is -2.40. The second-order valence-corrected chi connectivity index (χ2v) is 9.25. The Morgan fingerprint density at radius 2 is 1.88 bits per heavy atom. The lowest BCUT2D eigenvalue weighted by Gasteiger charge is -2.25. The van der Waals surface area contributed by atoms with Crippen molar-refractivity contribution in [1.29, 1.82) is 5.41 Å². The van der Waals surface area contributed by atoms with E-state index < -0.39 is 0 Å². The molecule has 1 aliphatic heterocycles. The van der Waals surface area contributed by atoms with Crippen LogP contribution in [0.3, 0.4) is 0 Å². The van der Waals surface area contributed by atoms with Crippen molar-refractivity contribution in [3.8, 4) is 0 Å². The summed E-state index contributed by atoms with van der Waals surface area (Å²) >= 11 is 1.48. The maximum atomic E-state index is 12.6. The standard InChI is InChI=1S/C22H31N7O2S.2ClH/c1-14(30)25-22-27-17(11-8-15-6-9-16(10-7-15)26-21(23)24)19(32-22)13-29-12-4-5-18(29)20(31)28(2)3;;/h6-7,9-10,18H,4-5,8,11-13H2,1-3H3,(H4,23,24,26)(H,25,27,30);2*1H/t18-;;/m0../s1. The van der Waals surface area contributed by atoms with Crippen LogP contribution in [0.4, 0.5) is 10.8 Å². The van der Waals surface area contributed by atoms with E-state index in [1.54, 1.807) is 19.0 Å². The lowest BCUT2D eigenvalue weighted by molar-refractivity contribution is -0.133. The molecular formula is C22H33Cl2N7O2S. The van der Waals surface area contributed by atoms with Gasteiger partial charge < -0.3 is 21.3 Å². The molecule has 3 rings (SSSR count). The molecule has 1 fully saturated rings. The number of hydrogen-bond acceptors (Lipinski definition) is 6. The van der Waals surface area contributed by atoms with E-state index in [0.29, 0.717) is 11.7 Å². The van der Waals surface area contributed by atoms with Gasteiger partial charge in [-0.15, -0.1) is 36.2 Å². The number of nitrogens with one attached hydrogen (secondary N) is 3. The predicted molar refractivity (Wildman–Crippen MR) is 142 cm³/mol. The van der Waals surface area contributed by atoms with Crippen molar-refractivity contribution in [3.05, 3.63) is 40.4 Å². The molecule has 9 nitrogen and oxygen atoms in total. The molecule has 0 radical (unpaired) electrons. The van der Waals surface area contributed by atoms with Crippen molar-refractivity contribution in [2.75, 3.05) is 31.3 Å². The molecule has 2 aromatic rings. The highest BCUT2D eigenvalue weighted by Gasteiger charge is 2.32. The molecule has 188 valence electrons. The number of rotatable bonds is 8. The van der Waals surface area contributed by atoms with E-state index in [2.05, 4.69) is 20.5 Å². The molecule has 1 aromatic heterocycles. The molecular weight excluding hydrogens is 497 g/mol. The molecule has 5 N–H and O–H groups in total. The zero-order chi connectivity index (χ0) is 23.3. The Bertz CT molecular complexity index is 982. The van der Waals surface area contributed by atoms with Crippen LogP contribution in [0.1, 0.15) is 35.9 Å². The summed E-state index contributed by atoms with van der Waals surface area (Å²) in [6.45, 7) is 3.00. The lowest BCUT2D eigenvalue weighted by atomic mass is 10.1. The van der Waals surface area contributed by atoms with E-state index in [1.165, 1.54) is 18.3 Å². The smallest absolute Gasteiger partial charge is 0.239 e. The van der Waals surface area contributed by atoms with Crippen molar-refractivity contribution in [1.82, 2.24) is 14.8 Å². The number of nitrogens with zero attached hydrogens (tertiary/aromatic N) is 3. The Kier molecular flexibility index (Phi) is 11.7. The van der Waals surface area contributed by atoms with Crippen molar-refractivity contribution >= 4 is 64.7 Å². The fourth-order valence-corrected chi connectivity index (χ4v) is 4.94. The molecule has 34 heavy (non-hydrogen) atoms. The van der Waals surface area contributed by atoms with Gasteiger partial charge in [0.15, 0.2) is 11.1 Å². The van der Waals surface area contributed by atoms with Crippen LogP contribution in [0.15, 0.2) is 24.3 Å². The van der Waals surface area contributed by atoms with Gasteiger partial charge >= 0.3 is 0 Å². The molecule has 1 atom stereocenters. The maximum Gasteiger partial charge on any atom is 0.239 e. The Labute approximate surface area is 216 Å². The Morgan fingerprint density at radius 1 is 1.21 bits per heavy atom. The van der Waals surface area contributed by atoms with Crippen molar-refractivity contribution in [2.24, 2.45) is 5.73 Å². The Balaban J connectivity index is 0.00000289. The largest absolute Gasteiger partial charge is 0.370 e. The number of halogens is 2. The first-order chi connectivity index (χ1) is 15.2. The fraction of sp³-hybridized carbons (Fsp3) is 0.455. The summed E-state index contributed by atoms with van der Waals surface area (Å²) in [5.74, 6) is -0.106. The summed E-state index contributed by atoms with van der Waals surface area (Å²) in [5, 5.41) is 13.5. The van der Waals surface area contributed by atoms with Crippen LogP contribution in [0.25, 0.3) is 0 Å². The second kappa shape index (κ2) is 13.5. The molecule has 2 heterocycles. The third kappa shape index (κ3) is 8.12. The average Bonchev–Trinajstić information content (AvgIpc) is 3.33. The van der Waals surface area contributed by atoms with E-state index in [4.69, 9.17) is 11.1 Å². The number of benzene rings is 1. The fourth-order valence-electron chi connectivity index (χ4n) is 3.86. The first kappa shape index (κ1) is 29.6. The highest BCUT2D eigenvalue weighted by Crippen LogP contribution is 2.29. The van der Waals surface area contributed by atoms with E-state index in [9.17, 15) is 9.59 Å². The third-order valence-electron chi connectivity index (χ3n) is 5.38. The molecule has 12 heteroatoms. The minimum atomic E-state index is -0.146. The van der Waals surface area contributed by atoms with Gasteiger partial charge in [-0.25, -0.2) is 4.98 Å². The van der Waals surface area contributed by atoms with Crippen LogP contribution in [0.2, 0.25) is 0 Å². The van der Waals surface area contributed by atoms with Gasteiger partial charge in [-0.2, -0.15) is 0 Å². The van der Waals surface area contributed by atoms with Crippen LogP contribution in [-0.2, 0) is 29.0 Å². The van der Waals surface area contributed by atoms with Gasteiger partial charge in [-0.3, -0.25) is 19.9 Å². The zero-order valence-corrected chi connectivity index (χ0v) is 22.0. The zero-order valence-electron chi connectivity index (χ0n) is 19.6. The average molecular weight is 531 g/mol. The van der Waals surface area contributed by atoms with Crippen LogP contribution < -0.4 is 16.4 Å². The number of carbonyl (C=O) groups excluding carboxylic acids is 2. The summed E-state index contributed by atoms with van der Waals surface area (Å²) in [6, 6.07) is 7.67. The lowest BCUT2D eigenvalue weighted by Crippen LogP contribution is -2.42. The van der Waals surface area contributed by atoms with Crippen LogP contribution in [-0.4, -0.2) is 59.2 Å². The first-order valence-electron chi connectivity index (χ1n) is 10.6. The van der Waals surface area contributed by atoms with Crippen molar-refractivity contribution < 1.29 is 9.59 Å². The van der Waals surface area contributed by atoms with Crippen molar-refractivity contribution in [2.45, 2.75) is 45.2 Å². The molecule has 0 aliphatic carbocycles. The monoisotopic (exact) mass is 529 g/mol. The number of carbonyl (C=O) groups is 2. The number of amides is 2. The van der Waals surface area contributed by atoms with Crippen molar-refractivity contribution in [3.63, 3.8) is 0 Å². The number of anilines is 2. The predicted octanol–water partition coefficient (Wildman–Crippen LogP) is 3.09. The second-order valence-electron chi connectivity index (χ2n) is 8.17. The van der Waals surface area contributed by atoms with Crippen LogP contribution in [0.5, 0.6) is 0 Å². The van der Waals surface area contributed by atoms with Gasteiger partial charge in [0.2, 0.25) is 11.8 Å². The number of likely N-dealkylation sites (N-methyl/N-ethyl adjacent to an activating group) is 1. The third-order valence-corrected chi connectivity index (χ3v) is 6.38. The van der Waals surface area contributed by atoms with Crippen LogP contribution in [0, 0.1) is 5.41 Å². The quantitative estimate of drug-likeness (QED) is 0.307. The summed E-state index contributed by atoms with van der Waals surface area (Å²) in [6.07, 6.45) is 3.38. The molecule has 1 aromatic carbocycles. The van der Waals surface area contributed by atoms with E-state index >= 15 is 0 Å². The number of thiazole rings is 1. The molecule has 1 aliphatic rings. The number of nitrogens with two attached hydrogens (primary N) is 1. The Morgan fingerprint density at radius 3 is 2.47 bits per heavy atom. The number of likely N-dealkylation sites (tertiary alicyclic amines) is 1. The summed E-state index contributed by atoms with van der Waals surface area (Å²) in [7, 11) is 3.59. The van der Waals surface area contributed by atoms with Gasteiger partial charge in [-0.05, 0) is 49.9 Å². The molecule has 0 unspecified atom stereocenters. The van der Waals surface area contributed by atoms with Crippen LogP contribution >= 0.6 is 36.2 Å². The maximum absolute atomic E-state index is 12.6. The molecule has 0 spiro atoms. The first-order valence-corrected chi connectivity index (χ1v) is 11.5. The van der Waals surface area contributed by atoms with E-state index in [1.807, 2.05) is 24.3 Å². The summed E-state index contributed by atoms with van der Waals surface area (Å²) in [4.78, 5) is 33.8. The normalized spacial score (nSPS) is 15.1. The summed E-state index contributed by atoms with van der Waals surface area (Å²) < 4.78 is 0. The molecule has 1 saturated heterocycles. The van der Waals surface area contributed by atoms with E-state index in [-0.39, 0.29) is 48.6 Å². The number of hydrogen-bond donors (Lipinski definition) is 4. The van der Waals surface area contributed by atoms with Gasteiger partial charge in [0.25, 0.3) is 0 Å². The number of guanidine groups is 1. The number of aromatic nitrogens is 1. The van der Waals surface area contributed by atoms with Gasteiger partial charge in [0, 0.05) is 38.1 Å². The van der Waals surface area contributed by atoms with Gasteiger partial charge in [0.05, 0.1) is 11.7 Å². The minimum absolute atomic E-state index is 0. The highest BCUT2D eigenvalue weighted by molar-refractivity contribution is 7.15. The summed E-state index contributed by atoms with van der Waals surface area (Å²) in [5.41, 5.74) is 8.23. The van der Waals surface area contributed by atoms with E-state index in [0.717, 1.165) is 54.0 Å². The molecule has 0 saturated carbocycles. The SMILES string of the molecule is CC(=O)Nc1nc(CCc2ccc(NC(=N)N)cc2)c(CN2CCC[C@H]2C(=O)N(C)C)s1.Cl.Cl. The number of aryl methyl sites for hydroxylation is 2. The molecule has 0 bridgehead atoms. The molecule has 2 amide bonds. The van der Waals surface area contributed by atoms with Gasteiger partial charge in [-0.1, -0.05) is 12.1 Å². The minimum Gasteiger partial charge on any atom is -0.370 e.